The van der Waals surface area contributed by atoms with E-state index in [-0.39, 0.29) is 16.3 Å². The van der Waals surface area contributed by atoms with E-state index < -0.39 is 14.4 Å². The Balaban J connectivity index is 1.48. The highest BCUT2D eigenvalue weighted by Gasteiger charge is 2.38. The highest BCUT2D eigenvalue weighted by Crippen LogP contribution is 2.43. The third-order valence-electron chi connectivity index (χ3n) is 8.53. The number of carbonyl (C=O) groups is 1. The van der Waals surface area contributed by atoms with Gasteiger partial charge in [-0.1, -0.05) is 40.7 Å². The second kappa shape index (κ2) is 11.2. The van der Waals surface area contributed by atoms with Crippen LogP contribution >= 0.6 is 0 Å². The highest BCUT2D eigenvalue weighted by atomic mass is 28.4. The molecule has 1 aromatic carbocycles. The number of ether oxygens (including phenoxy) is 1. The molecule has 1 aliphatic carbocycles. The number of amides is 1. The first-order chi connectivity index (χ1) is 20.2. The van der Waals surface area contributed by atoms with Gasteiger partial charge < -0.3 is 19.5 Å². The van der Waals surface area contributed by atoms with Gasteiger partial charge in [0.2, 0.25) is 5.88 Å². The number of carbonyl (C=O) groups excluding carboxylic acids is 1. The van der Waals surface area contributed by atoms with Crippen LogP contribution in [-0.2, 0) is 11.0 Å². The van der Waals surface area contributed by atoms with E-state index in [9.17, 15) is 10.1 Å². The standard InChI is InChI=1S/C33H40N6O3Si/c1-32(2,3)43(6,7)41-19-33(4,5)18-39-20-37-26-14-22(10-11-28(26)39)25-15-24(21-8-9-21)16-27(38-25)29-23(17-34)12-13-36-30(29)42-31(35)40/h10-16,20-21H,8-9,18-19H2,1-7H3,(H2,35,40). The molecule has 43 heavy (non-hydrogen) atoms. The van der Waals surface area contributed by atoms with Gasteiger partial charge in [0.1, 0.15) is 6.07 Å². The molecule has 1 fully saturated rings. The van der Waals surface area contributed by atoms with E-state index in [0.29, 0.717) is 29.3 Å². The number of nitrogens with zero attached hydrogens (tertiary/aromatic N) is 5. The zero-order valence-electron chi connectivity index (χ0n) is 26.1. The molecule has 0 aliphatic heterocycles. The molecule has 0 spiro atoms. The molecule has 1 amide bonds. The van der Waals surface area contributed by atoms with E-state index >= 15 is 0 Å². The zero-order chi connectivity index (χ0) is 31.2. The number of imidazole rings is 1. The summed E-state index contributed by atoms with van der Waals surface area (Å²) < 4.78 is 13.9. The molecule has 0 radical (unpaired) electrons. The lowest BCUT2D eigenvalue weighted by Gasteiger charge is -2.39. The second-order valence-electron chi connectivity index (χ2n) is 13.8. The van der Waals surface area contributed by atoms with Gasteiger partial charge in [0.05, 0.1) is 39.9 Å². The van der Waals surface area contributed by atoms with Crippen molar-refractivity contribution in [2.45, 2.75) is 78.1 Å². The lowest BCUT2D eigenvalue weighted by Crippen LogP contribution is -2.43. The Morgan fingerprint density at radius 1 is 1.09 bits per heavy atom. The van der Waals surface area contributed by atoms with Crippen molar-refractivity contribution in [1.29, 1.82) is 5.26 Å². The van der Waals surface area contributed by atoms with E-state index in [1.165, 1.54) is 6.20 Å². The average Bonchev–Trinajstić information content (AvgIpc) is 3.72. The lowest BCUT2D eigenvalue weighted by atomic mass is 9.95. The van der Waals surface area contributed by atoms with Crippen molar-refractivity contribution in [3.63, 3.8) is 0 Å². The van der Waals surface area contributed by atoms with Gasteiger partial charge in [0, 0.05) is 30.3 Å². The number of pyridine rings is 2. The summed E-state index contributed by atoms with van der Waals surface area (Å²) in [6.45, 7) is 17.3. The summed E-state index contributed by atoms with van der Waals surface area (Å²) in [5.41, 5.74) is 11.1. The maximum atomic E-state index is 11.6. The van der Waals surface area contributed by atoms with Gasteiger partial charge in [0.25, 0.3) is 0 Å². The van der Waals surface area contributed by atoms with Crippen LogP contribution in [-0.4, -0.2) is 40.5 Å². The van der Waals surface area contributed by atoms with Crippen LogP contribution in [0.2, 0.25) is 18.1 Å². The van der Waals surface area contributed by atoms with Crippen LogP contribution in [0.15, 0.2) is 48.9 Å². The fourth-order valence-electron chi connectivity index (χ4n) is 4.88. The monoisotopic (exact) mass is 596 g/mol. The van der Waals surface area contributed by atoms with Crippen molar-refractivity contribution < 1.29 is 14.0 Å². The van der Waals surface area contributed by atoms with E-state index in [1.54, 1.807) is 6.07 Å². The van der Waals surface area contributed by atoms with Gasteiger partial charge in [-0.3, -0.25) is 0 Å². The molecule has 224 valence electrons. The largest absolute Gasteiger partial charge is 0.416 e. The number of primary amides is 1. The van der Waals surface area contributed by atoms with Crippen molar-refractivity contribution in [3.05, 3.63) is 60.0 Å². The molecule has 1 aliphatic rings. The fourth-order valence-corrected chi connectivity index (χ4v) is 6.07. The van der Waals surface area contributed by atoms with Crippen molar-refractivity contribution in [1.82, 2.24) is 19.5 Å². The molecule has 1 saturated carbocycles. The predicted octanol–water partition coefficient (Wildman–Crippen LogP) is 7.41. The average molecular weight is 597 g/mol. The first kappa shape index (κ1) is 30.4. The topological polar surface area (TPSA) is 129 Å². The van der Waals surface area contributed by atoms with Gasteiger partial charge in [-0.2, -0.15) is 5.26 Å². The Kier molecular flexibility index (Phi) is 7.92. The first-order valence-electron chi connectivity index (χ1n) is 14.7. The van der Waals surface area contributed by atoms with Crippen molar-refractivity contribution in [2.24, 2.45) is 11.1 Å². The van der Waals surface area contributed by atoms with Crippen LogP contribution < -0.4 is 10.5 Å². The smallest absolute Gasteiger partial charge is 0.411 e. The van der Waals surface area contributed by atoms with Crippen LogP contribution in [0.4, 0.5) is 4.79 Å². The van der Waals surface area contributed by atoms with E-state index in [2.05, 4.69) is 81.5 Å². The molecule has 9 nitrogen and oxygen atoms in total. The maximum Gasteiger partial charge on any atom is 0.411 e. The lowest BCUT2D eigenvalue weighted by molar-refractivity contribution is 0.147. The minimum atomic E-state index is -1.85. The Labute approximate surface area is 254 Å². The molecule has 2 N–H and O–H groups in total. The number of hydrogen-bond acceptors (Lipinski definition) is 7. The van der Waals surface area contributed by atoms with Crippen molar-refractivity contribution in [2.75, 3.05) is 6.61 Å². The maximum absolute atomic E-state index is 11.6. The quantitative estimate of drug-likeness (QED) is 0.199. The molecular formula is C33H40N6O3Si. The molecule has 5 rings (SSSR count). The minimum absolute atomic E-state index is 0.0349. The first-order valence-corrected chi connectivity index (χ1v) is 17.6. The normalized spacial score (nSPS) is 14.1. The molecular weight excluding hydrogens is 556 g/mol. The Bertz CT molecular complexity index is 1730. The molecule has 3 aromatic heterocycles. The molecule has 4 aromatic rings. The number of aromatic nitrogens is 4. The van der Waals surface area contributed by atoms with Gasteiger partial charge in [-0.15, -0.1) is 0 Å². The van der Waals surface area contributed by atoms with Gasteiger partial charge in [-0.05, 0) is 72.8 Å². The SMILES string of the molecule is CC(C)(CO[Si](C)(C)C(C)(C)C)Cn1cnc2cc(-c3cc(C4CC4)cc(-c4c(C#N)ccnc4OC(N)=O)n3)ccc21. The van der Waals surface area contributed by atoms with Crippen molar-refractivity contribution in [3.8, 4) is 34.5 Å². The summed E-state index contributed by atoms with van der Waals surface area (Å²) >= 11 is 0. The van der Waals surface area contributed by atoms with Crippen LogP contribution in [0.3, 0.4) is 0 Å². The van der Waals surface area contributed by atoms with Crippen LogP contribution in [0.1, 0.15) is 64.5 Å². The summed E-state index contributed by atoms with van der Waals surface area (Å²) in [7, 11) is -1.85. The number of benzene rings is 1. The number of rotatable bonds is 9. The van der Waals surface area contributed by atoms with Crippen LogP contribution in [0.5, 0.6) is 5.88 Å². The summed E-state index contributed by atoms with van der Waals surface area (Å²) in [5.74, 6) is 0.384. The Morgan fingerprint density at radius 2 is 1.81 bits per heavy atom. The summed E-state index contributed by atoms with van der Waals surface area (Å²) in [4.78, 5) is 25.4. The number of nitrogens with two attached hydrogens (primary N) is 1. The van der Waals surface area contributed by atoms with Crippen LogP contribution in [0, 0.1) is 16.7 Å². The number of hydrogen-bond donors (Lipinski definition) is 1. The molecule has 0 bridgehead atoms. The fraction of sp³-hybridized carbons (Fsp3) is 0.424. The molecule has 0 unspecified atom stereocenters. The number of nitriles is 1. The van der Waals surface area contributed by atoms with E-state index in [1.807, 2.05) is 18.5 Å². The molecule has 3 heterocycles. The third kappa shape index (κ3) is 6.63. The third-order valence-corrected chi connectivity index (χ3v) is 13.0. The Hall–Kier alpha value is -4.07. The Morgan fingerprint density at radius 3 is 2.47 bits per heavy atom. The summed E-state index contributed by atoms with van der Waals surface area (Å²) in [5, 5.41) is 9.99. The summed E-state index contributed by atoms with van der Waals surface area (Å²) in [6, 6.07) is 14.0. The zero-order valence-corrected chi connectivity index (χ0v) is 27.1. The van der Waals surface area contributed by atoms with Crippen molar-refractivity contribution >= 4 is 25.4 Å². The highest BCUT2D eigenvalue weighted by molar-refractivity contribution is 6.74. The van der Waals surface area contributed by atoms with Crippen LogP contribution in [0.25, 0.3) is 33.5 Å². The number of fused-ring (bicyclic) bond motifs is 1. The predicted molar refractivity (Wildman–Crippen MR) is 170 cm³/mol. The molecule has 0 atom stereocenters. The minimum Gasteiger partial charge on any atom is -0.416 e. The second-order valence-corrected chi connectivity index (χ2v) is 18.6. The van der Waals surface area contributed by atoms with Gasteiger partial charge in [0.15, 0.2) is 8.32 Å². The molecule has 0 saturated heterocycles. The van der Waals surface area contributed by atoms with E-state index in [0.717, 1.165) is 47.2 Å². The molecule has 10 heteroatoms. The van der Waals surface area contributed by atoms with Gasteiger partial charge >= 0.3 is 6.09 Å². The van der Waals surface area contributed by atoms with Gasteiger partial charge in [-0.25, -0.2) is 19.7 Å². The van der Waals surface area contributed by atoms with E-state index in [4.69, 9.17) is 24.9 Å². The summed E-state index contributed by atoms with van der Waals surface area (Å²) in [6.07, 6.45) is 4.48.